The summed E-state index contributed by atoms with van der Waals surface area (Å²) >= 11 is 0. The predicted octanol–water partition coefficient (Wildman–Crippen LogP) is -0.273. The Labute approximate surface area is 120 Å². The van der Waals surface area contributed by atoms with E-state index in [1.807, 2.05) is 0 Å². The fraction of sp³-hybridized carbons (Fsp3) is 0.857. The SMILES string of the molecule is NCC1CCCC1C(=O)NCCC(=O)N1CCOCC1. The predicted molar refractivity (Wildman–Crippen MR) is 74.9 cm³/mol. The third-order valence-electron chi connectivity index (χ3n) is 4.30. The van der Waals surface area contributed by atoms with Crippen LogP contribution in [0.1, 0.15) is 25.7 Å². The van der Waals surface area contributed by atoms with Crippen molar-refractivity contribution in [2.24, 2.45) is 17.6 Å². The molecule has 1 saturated carbocycles. The lowest BCUT2D eigenvalue weighted by Gasteiger charge is -2.27. The third kappa shape index (κ3) is 3.93. The molecule has 2 unspecified atom stereocenters. The molecule has 0 aromatic rings. The van der Waals surface area contributed by atoms with Crippen molar-refractivity contribution < 1.29 is 14.3 Å². The first-order valence-electron chi connectivity index (χ1n) is 7.55. The molecule has 2 rings (SSSR count). The maximum Gasteiger partial charge on any atom is 0.224 e. The van der Waals surface area contributed by atoms with E-state index in [9.17, 15) is 9.59 Å². The Kier molecular flexibility index (Phi) is 5.79. The van der Waals surface area contributed by atoms with E-state index in [1.54, 1.807) is 4.90 Å². The van der Waals surface area contributed by atoms with E-state index in [4.69, 9.17) is 10.5 Å². The Bertz CT molecular complexity index is 343. The van der Waals surface area contributed by atoms with E-state index in [2.05, 4.69) is 5.32 Å². The van der Waals surface area contributed by atoms with Gasteiger partial charge in [-0.3, -0.25) is 9.59 Å². The van der Waals surface area contributed by atoms with Gasteiger partial charge >= 0.3 is 0 Å². The first-order chi connectivity index (χ1) is 9.72. The number of morpholine rings is 1. The number of nitrogens with one attached hydrogen (secondary N) is 1. The minimum Gasteiger partial charge on any atom is -0.378 e. The Morgan fingerprint density at radius 3 is 2.70 bits per heavy atom. The van der Waals surface area contributed by atoms with Gasteiger partial charge in [0.15, 0.2) is 0 Å². The number of carbonyl (C=O) groups excluding carboxylic acids is 2. The molecule has 3 N–H and O–H groups in total. The van der Waals surface area contributed by atoms with Crippen molar-refractivity contribution in [1.82, 2.24) is 10.2 Å². The van der Waals surface area contributed by atoms with Gasteiger partial charge < -0.3 is 20.7 Å². The summed E-state index contributed by atoms with van der Waals surface area (Å²) in [7, 11) is 0. The molecule has 0 aromatic heterocycles. The van der Waals surface area contributed by atoms with Crippen LogP contribution in [0.2, 0.25) is 0 Å². The van der Waals surface area contributed by atoms with Gasteiger partial charge in [-0.15, -0.1) is 0 Å². The molecule has 1 aliphatic heterocycles. The summed E-state index contributed by atoms with van der Waals surface area (Å²) in [5.74, 6) is 0.506. The van der Waals surface area contributed by atoms with Crippen molar-refractivity contribution in [3.05, 3.63) is 0 Å². The van der Waals surface area contributed by atoms with Gasteiger partial charge in [0.05, 0.1) is 13.2 Å². The molecule has 2 fully saturated rings. The second kappa shape index (κ2) is 7.59. The highest BCUT2D eigenvalue weighted by atomic mass is 16.5. The molecule has 2 atom stereocenters. The van der Waals surface area contributed by atoms with Crippen LogP contribution in [0.4, 0.5) is 0 Å². The smallest absolute Gasteiger partial charge is 0.224 e. The lowest BCUT2D eigenvalue weighted by Crippen LogP contribution is -2.42. The topological polar surface area (TPSA) is 84.7 Å². The van der Waals surface area contributed by atoms with Gasteiger partial charge in [0.2, 0.25) is 11.8 Å². The molecule has 2 aliphatic rings. The number of hydrogen-bond donors (Lipinski definition) is 2. The molecule has 114 valence electrons. The Morgan fingerprint density at radius 1 is 1.25 bits per heavy atom. The summed E-state index contributed by atoms with van der Waals surface area (Å²) < 4.78 is 5.21. The Balaban J connectivity index is 1.67. The van der Waals surface area contributed by atoms with Crippen molar-refractivity contribution in [1.29, 1.82) is 0 Å². The largest absolute Gasteiger partial charge is 0.378 e. The molecule has 20 heavy (non-hydrogen) atoms. The summed E-state index contributed by atoms with van der Waals surface area (Å²) in [6.45, 7) is 3.53. The summed E-state index contributed by atoms with van der Waals surface area (Å²) in [6, 6.07) is 0. The van der Waals surface area contributed by atoms with Crippen LogP contribution in [0.15, 0.2) is 0 Å². The molecule has 0 bridgehead atoms. The number of nitrogens with zero attached hydrogens (tertiary/aromatic N) is 1. The van der Waals surface area contributed by atoms with Gasteiger partial charge in [0, 0.05) is 32.0 Å². The van der Waals surface area contributed by atoms with Gasteiger partial charge in [-0.05, 0) is 25.3 Å². The van der Waals surface area contributed by atoms with Crippen LogP contribution >= 0.6 is 0 Å². The molecule has 2 amide bonds. The third-order valence-corrected chi connectivity index (χ3v) is 4.30. The monoisotopic (exact) mass is 283 g/mol. The highest BCUT2D eigenvalue weighted by Gasteiger charge is 2.31. The van der Waals surface area contributed by atoms with Gasteiger partial charge in [-0.2, -0.15) is 0 Å². The molecule has 1 saturated heterocycles. The summed E-state index contributed by atoms with van der Waals surface area (Å²) in [5, 5.41) is 2.89. The highest BCUT2D eigenvalue weighted by Crippen LogP contribution is 2.30. The first kappa shape index (κ1) is 15.3. The van der Waals surface area contributed by atoms with Crippen LogP contribution in [-0.2, 0) is 14.3 Å². The zero-order valence-corrected chi connectivity index (χ0v) is 12.0. The number of carbonyl (C=O) groups is 2. The quantitative estimate of drug-likeness (QED) is 0.727. The molecule has 0 aromatic carbocycles. The van der Waals surface area contributed by atoms with E-state index in [-0.39, 0.29) is 17.7 Å². The molecule has 1 aliphatic carbocycles. The van der Waals surface area contributed by atoms with E-state index >= 15 is 0 Å². The molecule has 0 spiro atoms. The van der Waals surface area contributed by atoms with E-state index in [0.29, 0.717) is 51.7 Å². The molecule has 1 heterocycles. The van der Waals surface area contributed by atoms with Crippen LogP contribution in [0.3, 0.4) is 0 Å². The second-order valence-corrected chi connectivity index (χ2v) is 5.57. The standard InChI is InChI=1S/C14H25N3O3/c15-10-11-2-1-3-12(11)14(19)16-5-4-13(18)17-6-8-20-9-7-17/h11-12H,1-10,15H2,(H,16,19). The number of amides is 2. The maximum absolute atomic E-state index is 12.1. The molecular formula is C14H25N3O3. The normalized spacial score (nSPS) is 26.6. The van der Waals surface area contributed by atoms with Crippen molar-refractivity contribution in [3.8, 4) is 0 Å². The van der Waals surface area contributed by atoms with Gasteiger partial charge in [-0.1, -0.05) is 6.42 Å². The number of hydrogen-bond acceptors (Lipinski definition) is 4. The summed E-state index contributed by atoms with van der Waals surface area (Å²) in [6.07, 6.45) is 3.41. The van der Waals surface area contributed by atoms with Crippen LogP contribution in [0, 0.1) is 11.8 Å². The van der Waals surface area contributed by atoms with Crippen molar-refractivity contribution in [2.45, 2.75) is 25.7 Å². The van der Waals surface area contributed by atoms with Crippen LogP contribution in [-0.4, -0.2) is 56.1 Å². The number of ether oxygens (including phenoxy) is 1. The minimum absolute atomic E-state index is 0.0403. The number of rotatable bonds is 5. The molecule has 6 nitrogen and oxygen atoms in total. The Hall–Kier alpha value is -1.14. The Morgan fingerprint density at radius 2 is 2.00 bits per heavy atom. The van der Waals surface area contributed by atoms with E-state index in [1.165, 1.54) is 0 Å². The highest BCUT2D eigenvalue weighted by molar-refractivity contribution is 5.81. The van der Waals surface area contributed by atoms with E-state index < -0.39 is 0 Å². The second-order valence-electron chi connectivity index (χ2n) is 5.57. The number of nitrogens with two attached hydrogens (primary N) is 1. The lowest BCUT2D eigenvalue weighted by atomic mass is 9.95. The van der Waals surface area contributed by atoms with Crippen LogP contribution in [0.5, 0.6) is 0 Å². The summed E-state index contributed by atoms with van der Waals surface area (Å²) in [5.41, 5.74) is 5.68. The maximum atomic E-state index is 12.1. The lowest BCUT2D eigenvalue weighted by molar-refractivity contribution is -0.135. The molecule has 6 heteroatoms. The summed E-state index contributed by atoms with van der Waals surface area (Å²) in [4.78, 5) is 25.8. The van der Waals surface area contributed by atoms with Crippen molar-refractivity contribution in [3.63, 3.8) is 0 Å². The van der Waals surface area contributed by atoms with E-state index in [0.717, 1.165) is 19.3 Å². The molecular weight excluding hydrogens is 258 g/mol. The van der Waals surface area contributed by atoms with Crippen LogP contribution < -0.4 is 11.1 Å². The first-order valence-corrected chi connectivity index (χ1v) is 7.55. The van der Waals surface area contributed by atoms with Gasteiger partial charge in [-0.25, -0.2) is 0 Å². The average molecular weight is 283 g/mol. The van der Waals surface area contributed by atoms with Crippen molar-refractivity contribution in [2.75, 3.05) is 39.4 Å². The zero-order chi connectivity index (χ0) is 14.4. The van der Waals surface area contributed by atoms with Crippen LogP contribution in [0.25, 0.3) is 0 Å². The fourth-order valence-electron chi connectivity index (χ4n) is 3.06. The van der Waals surface area contributed by atoms with Crippen molar-refractivity contribution >= 4 is 11.8 Å². The molecule has 0 radical (unpaired) electrons. The fourth-order valence-corrected chi connectivity index (χ4v) is 3.06. The van der Waals surface area contributed by atoms with Gasteiger partial charge in [0.1, 0.15) is 0 Å². The average Bonchev–Trinajstić information content (AvgIpc) is 2.96. The zero-order valence-electron chi connectivity index (χ0n) is 12.0. The minimum atomic E-state index is 0.0403. The van der Waals surface area contributed by atoms with Gasteiger partial charge in [0.25, 0.3) is 0 Å².